The van der Waals surface area contributed by atoms with Crippen LogP contribution in [-0.4, -0.2) is 42.1 Å². The number of ether oxygens (including phenoxy) is 3. The van der Waals surface area contributed by atoms with Crippen LogP contribution in [0.2, 0.25) is 0 Å². The van der Waals surface area contributed by atoms with E-state index in [1.54, 1.807) is 46.9 Å². The zero-order valence-electron chi connectivity index (χ0n) is 18.1. The molecule has 8 heteroatoms. The van der Waals surface area contributed by atoms with Crippen LogP contribution in [0.25, 0.3) is 0 Å². The highest BCUT2D eigenvalue weighted by Crippen LogP contribution is 2.21. The van der Waals surface area contributed by atoms with Gasteiger partial charge in [0.1, 0.15) is 11.4 Å². The van der Waals surface area contributed by atoms with Crippen molar-refractivity contribution in [2.45, 2.75) is 53.4 Å². The van der Waals surface area contributed by atoms with Crippen molar-refractivity contribution < 1.29 is 28.6 Å². The Morgan fingerprint density at radius 1 is 1.00 bits per heavy atom. The van der Waals surface area contributed by atoms with Crippen LogP contribution in [0.5, 0.6) is 5.75 Å². The second-order valence-corrected chi connectivity index (χ2v) is 7.19. The molecule has 1 heterocycles. The molecule has 0 aliphatic rings. The Hall–Kier alpha value is -3.29. The molecule has 2 rings (SSSR count). The van der Waals surface area contributed by atoms with Crippen molar-refractivity contribution in [3.05, 3.63) is 52.3 Å². The molecular formula is C22H28N2O6. The minimum atomic E-state index is -1.01. The molecule has 2 N–H and O–H groups in total. The number of nitrogens with one attached hydrogen (secondary N) is 2. The number of methoxy groups -OCH3 is 1. The lowest BCUT2D eigenvalue weighted by Crippen LogP contribution is -2.35. The number of H-pyrrole nitrogens is 1. The van der Waals surface area contributed by atoms with Gasteiger partial charge in [-0.1, -0.05) is 12.1 Å². The van der Waals surface area contributed by atoms with E-state index in [4.69, 9.17) is 14.2 Å². The standard InChI is InChI=1S/C22H28N2O6/c1-12(2)29-21(26)18-13(3)19(24-14(18)4)22(27)30-15(5)20(25)23-11-16-7-9-17(28-6)10-8-16/h7-10,12,15,24H,11H2,1-6H3,(H,23,25)/t15-/m1/s1. The van der Waals surface area contributed by atoms with Crippen LogP contribution >= 0.6 is 0 Å². The van der Waals surface area contributed by atoms with Crippen molar-refractivity contribution in [1.82, 2.24) is 10.3 Å². The summed E-state index contributed by atoms with van der Waals surface area (Å²) in [6.07, 6.45) is -1.29. The second kappa shape index (κ2) is 9.96. The number of hydrogen-bond acceptors (Lipinski definition) is 6. The van der Waals surface area contributed by atoms with Gasteiger partial charge in [-0.3, -0.25) is 4.79 Å². The van der Waals surface area contributed by atoms with Gasteiger partial charge in [-0.15, -0.1) is 0 Å². The molecule has 162 valence electrons. The van der Waals surface area contributed by atoms with E-state index < -0.39 is 23.9 Å². The van der Waals surface area contributed by atoms with Crippen molar-refractivity contribution in [2.75, 3.05) is 7.11 Å². The Labute approximate surface area is 175 Å². The highest BCUT2D eigenvalue weighted by atomic mass is 16.6. The summed E-state index contributed by atoms with van der Waals surface area (Å²) in [5, 5.41) is 2.72. The summed E-state index contributed by atoms with van der Waals surface area (Å²) >= 11 is 0. The molecule has 1 aromatic carbocycles. The molecule has 30 heavy (non-hydrogen) atoms. The Morgan fingerprint density at radius 3 is 2.20 bits per heavy atom. The molecule has 0 spiro atoms. The minimum absolute atomic E-state index is 0.123. The third kappa shape index (κ3) is 5.62. The maximum Gasteiger partial charge on any atom is 0.355 e. The Kier molecular flexibility index (Phi) is 7.63. The van der Waals surface area contributed by atoms with Gasteiger partial charge in [0.2, 0.25) is 0 Å². The number of benzene rings is 1. The van der Waals surface area contributed by atoms with Crippen molar-refractivity contribution in [2.24, 2.45) is 0 Å². The fraction of sp³-hybridized carbons (Fsp3) is 0.409. The molecule has 0 saturated carbocycles. The SMILES string of the molecule is COc1ccc(CNC(=O)[C@@H](C)OC(=O)c2[nH]c(C)c(C(=O)OC(C)C)c2C)cc1. The monoisotopic (exact) mass is 416 g/mol. The number of aryl methyl sites for hydroxylation is 1. The summed E-state index contributed by atoms with van der Waals surface area (Å²) in [4.78, 5) is 39.9. The Bertz CT molecular complexity index is 914. The molecule has 0 aliphatic heterocycles. The molecule has 1 amide bonds. The molecule has 2 aromatic rings. The normalized spacial score (nSPS) is 11.7. The molecule has 0 bridgehead atoms. The van der Waals surface area contributed by atoms with Gasteiger partial charge in [-0.05, 0) is 57.9 Å². The summed E-state index contributed by atoms with van der Waals surface area (Å²) in [6, 6.07) is 7.25. The Morgan fingerprint density at radius 2 is 1.63 bits per heavy atom. The number of aromatic nitrogens is 1. The number of hydrogen-bond donors (Lipinski definition) is 2. The second-order valence-electron chi connectivity index (χ2n) is 7.19. The van der Waals surface area contributed by atoms with Gasteiger partial charge < -0.3 is 24.5 Å². The van der Waals surface area contributed by atoms with E-state index in [-0.39, 0.29) is 18.3 Å². The van der Waals surface area contributed by atoms with Crippen LogP contribution in [0.15, 0.2) is 24.3 Å². The summed E-state index contributed by atoms with van der Waals surface area (Å²) in [5.41, 5.74) is 2.23. The van der Waals surface area contributed by atoms with Gasteiger partial charge in [0.25, 0.3) is 5.91 Å². The maximum atomic E-state index is 12.5. The molecule has 1 aromatic heterocycles. The summed E-state index contributed by atoms with van der Waals surface area (Å²) in [5.74, 6) is -0.938. The predicted octanol–water partition coefficient (Wildman–Crippen LogP) is 3.07. The maximum absolute atomic E-state index is 12.5. The first kappa shape index (κ1) is 23.0. The molecule has 8 nitrogen and oxygen atoms in total. The highest BCUT2D eigenvalue weighted by Gasteiger charge is 2.26. The molecule has 1 atom stereocenters. The molecule has 0 saturated heterocycles. The van der Waals surface area contributed by atoms with E-state index in [1.165, 1.54) is 6.92 Å². The fourth-order valence-corrected chi connectivity index (χ4v) is 2.88. The lowest BCUT2D eigenvalue weighted by molar-refractivity contribution is -0.129. The first-order valence-corrected chi connectivity index (χ1v) is 9.65. The fourth-order valence-electron chi connectivity index (χ4n) is 2.88. The molecule has 0 aliphatic carbocycles. The molecule has 0 fully saturated rings. The first-order valence-electron chi connectivity index (χ1n) is 9.65. The largest absolute Gasteiger partial charge is 0.497 e. The van der Waals surface area contributed by atoms with E-state index in [0.717, 1.165) is 11.3 Å². The van der Waals surface area contributed by atoms with Gasteiger partial charge in [-0.25, -0.2) is 9.59 Å². The highest BCUT2D eigenvalue weighted by molar-refractivity contribution is 5.99. The van der Waals surface area contributed by atoms with Crippen molar-refractivity contribution in [3.8, 4) is 5.75 Å². The van der Waals surface area contributed by atoms with E-state index in [0.29, 0.717) is 16.8 Å². The average Bonchev–Trinajstić information content (AvgIpc) is 3.00. The van der Waals surface area contributed by atoms with Crippen LogP contribution < -0.4 is 10.1 Å². The summed E-state index contributed by atoms with van der Waals surface area (Å²) in [7, 11) is 1.58. The predicted molar refractivity (Wildman–Crippen MR) is 111 cm³/mol. The zero-order valence-corrected chi connectivity index (χ0v) is 18.1. The first-order chi connectivity index (χ1) is 14.1. The van der Waals surface area contributed by atoms with Crippen LogP contribution in [0, 0.1) is 13.8 Å². The quantitative estimate of drug-likeness (QED) is 0.641. The number of esters is 2. The van der Waals surface area contributed by atoms with Gasteiger partial charge in [0.15, 0.2) is 6.10 Å². The van der Waals surface area contributed by atoms with Crippen molar-refractivity contribution >= 4 is 17.8 Å². The van der Waals surface area contributed by atoms with Crippen LogP contribution in [-0.2, 0) is 20.8 Å². The van der Waals surface area contributed by atoms with E-state index in [2.05, 4.69) is 10.3 Å². The van der Waals surface area contributed by atoms with E-state index in [9.17, 15) is 14.4 Å². The van der Waals surface area contributed by atoms with Crippen molar-refractivity contribution in [3.63, 3.8) is 0 Å². The smallest absolute Gasteiger partial charge is 0.355 e. The minimum Gasteiger partial charge on any atom is -0.497 e. The van der Waals surface area contributed by atoms with E-state index in [1.807, 2.05) is 12.1 Å². The zero-order chi connectivity index (χ0) is 22.4. The number of carbonyl (C=O) groups is 3. The third-order valence-electron chi connectivity index (χ3n) is 4.47. The van der Waals surface area contributed by atoms with Gasteiger partial charge in [-0.2, -0.15) is 0 Å². The van der Waals surface area contributed by atoms with E-state index >= 15 is 0 Å². The summed E-state index contributed by atoms with van der Waals surface area (Å²) < 4.78 is 15.6. The number of amides is 1. The average molecular weight is 416 g/mol. The van der Waals surface area contributed by atoms with Crippen LogP contribution in [0.1, 0.15) is 58.4 Å². The Balaban J connectivity index is 1.99. The van der Waals surface area contributed by atoms with Gasteiger partial charge in [0, 0.05) is 12.2 Å². The number of carbonyl (C=O) groups excluding carboxylic acids is 3. The van der Waals surface area contributed by atoms with Gasteiger partial charge in [0.05, 0.1) is 18.8 Å². The lowest BCUT2D eigenvalue weighted by atomic mass is 10.1. The van der Waals surface area contributed by atoms with Crippen LogP contribution in [0.3, 0.4) is 0 Å². The molecule has 0 unspecified atom stereocenters. The molecular weight excluding hydrogens is 388 g/mol. The van der Waals surface area contributed by atoms with Crippen molar-refractivity contribution in [1.29, 1.82) is 0 Å². The third-order valence-corrected chi connectivity index (χ3v) is 4.47. The lowest BCUT2D eigenvalue weighted by Gasteiger charge is -2.14. The van der Waals surface area contributed by atoms with Gasteiger partial charge >= 0.3 is 11.9 Å². The molecule has 0 radical (unpaired) electrons. The van der Waals surface area contributed by atoms with Crippen LogP contribution in [0.4, 0.5) is 0 Å². The summed E-state index contributed by atoms with van der Waals surface area (Å²) in [6.45, 7) is 8.57. The topological polar surface area (TPSA) is 107 Å². The number of rotatable bonds is 8. The number of aromatic amines is 1.